The van der Waals surface area contributed by atoms with Crippen molar-refractivity contribution in [1.29, 1.82) is 0 Å². The number of nitrogens with zero attached hydrogens (tertiary/aromatic N) is 2. The van der Waals surface area contributed by atoms with E-state index < -0.39 is 60.2 Å². The maximum absolute atomic E-state index is 13.7. The fourth-order valence-electron chi connectivity index (χ4n) is 2.56. The number of aromatic nitrogens is 1. The molecule has 0 saturated heterocycles. The number of carbonyl (C=O) groups is 2. The lowest BCUT2D eigenvalue weighted by Gasteiger charge is -2.29. The molecule has 0 saturated carbocycles. The molecule has 2 aromatic rings. The summed E-state index contributed by atoms with van der Waals surface area (Å²) in [6.45, 7) is 6.76. The zero-order chi connectivity index (χ0) is 24.9. The number of alkyl halides is 3. The maximum Gasteiger partial charge on any atom is 0.419 e. The molecule has 32 heavy (non-hydrogen) atoms. The van der Waals surface area contributed by atoms with E-state index in [-0.39, 0.29) is 10.00 Å². The summed E-state index contributed by atoms with van der Waals surface area (Å²) in [7, 11) is -5.36. The number of aliphatic hydroxyl groups is 1. The molecule has 13 heteroatoms. The van der Waals surface area contributed by atoms with Gasteiger partial charge in [0.1, 0.15) is 10.6 Å². The van der Waals surface area contributed by atoms with E-state index in [0.29, 0.717) is 17.4 Å². The molecule has 0 unspecified atom stereocenters. The van der Waals surface area contributed by atoms with E-state index >= 15 is 0 Å². The second-order valence-corrected chi connectivity index (χ2v) is 11.0. The standard InChI is InChI=1S/C19H22F3N3O5S2/c1-17(2,3)12-7-6-11(19(20,21)22)14(24-12)32(29,30)25(16(27)18(4,5)28)15-10(13(23)26)8-9-31-15/h6-9,28H,1-5H3,(H2,23,26). The van der Waals surface area contributed by atoms with Crippen LogP contribution in [0.5, 0.6) is 0 Å². The highest BCUT2D eigenvalue weighted by molar-refractivity contribution is 7.93. The third-order valence-electron chi connectivity index (χ3n) is 4.22. The van der Waals surface area contributed by atoms with E-state index in [4.69, 9.17) is 5.73 Å². The Kier molecular flexibility index (Phi) is 6.53. The van der Waals surface area contributed by atoms with Crippen LogP contribution in [0.2, 0.25) is 0 Å². The molecule has 0 bridgehead atoms. The van der Waals surface area contributed by atoms with Crippen molar-refractivity contribution in [2.24, 2.45) is 5.73 Å². The second-order valence-electron chi connectivity index (χ2n) is 8.43. The van der Waals surface area contributed by atoms with Gasteiger partial charge in [-0.05, 0) is 37.4 Å². The minimum Gasteiger partial charge on any atom is -0.381 e. The van der Waals surface area contributed by atoms with Crippen molar-refractivity contribution in [1.82, 2.24) is 4.98 Å². The minimum atomic E-state index is -5.36. The van der Waals surface area contributed by atoms with Gasteiger partial charge in [0.25, 0.3) is 21.8 Å². The molecular weight excluding hydrogens is 471 g/mol. The summed E-state index contributed by atoms with van der Waals surface area (Å²) in [5.41, 5.74) is 0.0797. The molecule has 0 aromatic carbocycles. The molecule has 0 aliphatic heterocycles. The van der Waals surface area contributed by atoms with Crippen LogP contribution in [0.3, 0.4) is 0 Å². The number of pyridine rings is 1. The lowest BCUT2D eigenvalue weighted by molar-refractivity contribution is -0.140. The molecule has 0 radical (unpaired) electrons. The van der Waals surface area contributed by atoms with Gasteiger partial charge in [-0.3, -0.25) is 9.59 Å². The Morgan fingerprint density at radius 3 is 2.09 bits per heavy atom. The van der Waals surface area contributed by atoms with Crippen molar-refractivity contribution in [3.8, 4) is 0 Å². The van der Waals surface area contributed by atoms with E-state index in [1.165, 1.54) is 5.38 Å². The van der Waals surface area contributed by atoms with E-state index in [1.54, 1.807) is 20.8 Å². The minimum absolute atomic E-state index is 0.0148. The summed E-state index contributed by atoms with van der Waals surface area (Å²) in [5.74, 6) is -2.60. The highest BCUT2D eigenvalue weighted by Crippen LogP contribution is 2.39. The van der Waals surface area contributed by atoms with Crippen LogP contribution < -0.4 is 10.0 Å². The number of carbonyl (C=O) groups excluding carboxylic acids is 2. The first-order valence-corrected chi connectivity index (χ1v) is 11.4. The summed E-state index contributed by atoms with van der Waals surface area (Å²) in [6, 6.07) is 2.73. The first-order valence-electron chi connectivity index (χ1n) is 9.07. The summed E-state index contributed by atoms with van der Waals surface area (Å²) < 4.78 is 68.2. The zero-order valence-corrected chi connectivity index (χ0v) is 19.4. The summed E-state index contributed by atoms with van der Waals surface area (Å²) in [6.07, 6.45) is -5.13. The monoisotopic (exact) mass is 493 g/mol. The largest absolute Gasteiger partial charge is 0.419 e. The van der Waals surface area contributed by atoms with Gasteiger partial charge in [0, 0.05) is 11.1 Å². The van der Waals surface area contributed by atoms with Gasteiger partial charge in [-0.25, -0.2) is 4.98 Å². The van der Waals surface area contributed by atoms with Gasteiger partial charge in [-0.15, -0.1) is 11.3 Å². The number of nitrogens with two attached hydrogens (primary N) is 1. The Labute approximate surface area is 186 Å². The highest BCUT2D eigenvalue weighted by atomic mass is 32.2. The van der Waals surface area contributed by atoms with E-state index in [2.05, 4.69) is 4.98 Å². The predicted molar refractivity (Wildman–Crippen MR) is 112 cm³/mol. The fourth-order valence-corrected chi connectivity index (χ4v) is 5.40. The average molecular weight is 494 g/mol. The molecule has 2 heterocycles. The van der Waals surface area contributed by atoms with E-state index in [0.717, 1.165) is 26.0 Å². The number of halogens is 3. The molecule has 0 aliphatic carbocycles. The van der Waals surface area contributed by atoms with Gasteiger partial charge in [-0.2, -0.15) is 25.9 Å². The van der Waals surface area contributed by atoms with Crippen molar-refractivity contribution in [3.05, 3.63) is 40.4 Å². The van der Waals surface area contributed by atoms with Crippen LogP contribution in [0, 0.1) is 0 Å². The Balaban J connectivity index is 2.95. The zero-order valence-electron chi connectivity index (χ0n) is 17.8. The quantitative estimate of drug-likeness (QED) is 0.658. The van der Waals surface area contributed by atoms with Crippen molar-refractivity contribution in [2.75, 3.05) is 4.31 Å². The van der Waals surface area contributed by atoms with Crippen molar-refractivity contribution < 1.29 is 36.3 Å². The maximum atomic E-state index is 13.7. The molecule has 2 aromatic heterocycles. The van der Waals surface area contributed by atoms with Crippen LogP contribution in [0.15, 0.2) is 28.6 Å². The topological polar surface area (TPSA) is 131 Å². The number of primary amides is 1. The molecule has 0 atom stereocenters. The first kappa shape index (κ1) is 25.7. The molecule has 2 rings (SSSR count). The van der Waals surface area contributed by atoms with E-state index in [1.807, 2.05) is 0 Å². The predicted octanol–water partition coefficient (Wildman–Crippen LogP) is 3.05. The highest BCUT2D eigenvalue weighted by Gasteiger charge is 2.46. The number of hydrogen-bond donors (Lipinski definition) is 2. The molecule has 0 spiro atoms. The summed E-state index contributed by atoms with van der Waals surface area (Å²) >= 11 is 0.580. The molecule has 0 fully saturated rings. The number of thiophene rings is 1. The number of hydrogen-bond acceptors (Lipinski definition) is 7. The lowest BCUT2D eigenvalue weighted by Crippen LogP contribution is -2.49. The van der Waals surface area contributed by atoms with Crippen LogP contribution in [0.1, 0.15) is 56.2 Å². The van der Waals surface area contributed by atoms with Crippen molar-refractivity contribution >= 4 is 38.2 Å². The number of anilines is 1. The SMILES string of the molecule is CC(C)(O)C(=O)N(c1sccc1C(N)=O)S(=O)(=O)c1nc(C(C)(C)C)ccc1C(F)(F)F. The van der Waals surface area contributed by atoms with Crippen LogP contribution in [0.25, 0.3) is 0 Å². The molecule has 3 N–H and O–H groups in total. The molecule has 8 nitrogen and oxygen atoms in total. The van der Waals surface area contributed by atoms with Crippen LogP contribution in [0.4, 0.5) is 18.2 Å². The number of rotatable bonds is 5. The molecule has 2 amide bonds. The first-order chi connectivity index (χ1) is 14.3. The normalized spacial score (nSPS) is 13.2. The van der Waals surface area contributed by atoms with Crippen LogP contribution in [-0.2, 0) is 26.4 Å². The van der Waals surface area contributed by atoms with Crippen LogP contribution in [-0.4, -0.2) is 35.9 Å². The fraction of sp³-hybridized carbons (Fsp3) is 0.421. The van der Waals surface area contributed by atoms with Gasteiger partial charge in [0.15, 0.2) is 5.03 Å². The molecular formula is C19H22F3N3O5S2. The molecule has 176 valence electrons. The van der Waals surface area contributed by atoms with Crippen molar-refractivity contribution in [2.45, 2.75) is 56.8 Å². The van der Waals surface area contributed by atoms with Gasteiger partial charge in [0.05, 0.1) is 11.1 Å². The van der Waals surface area contributed by atoms with E-state index in [9.17, 15) is 36.3 Å². The summed E-state index contributed by atoms with van der Waals surface area (Å²) in [5, 5.41) is 9.45. The Bertz CT molecular complexity index is 1160. The molecule has 0 aliphatic rings. The Hall–Kier alpha value is -2.51. The lowest BCUT2D eigenvalue weighted by atomic mass is 9.91. The summed E-state index contributed by atoms with van der Waals surface area (Å²) in [4.78, 5) is 28.5. The number of sulfonamides is 1. The Morgan fingerprint density at radius 1 is 1.09 bits per heavy atom. The third kappa shape index (κ3) is 4.94. The van der Waals surface area contributed by atoms with Gasteiger partial charge < -0.3 is 10.8 Å². The van der Waals surface area contributed by atoms with Gasteiger partial charge in [0.2, 0.25) is 0 Å². The van der Waals surface area contributed by atoms with Gasteiger partial charge in [-0.1, -0.05) is 20.8 Å². The van der Waals surface area contributed by atoms with Crippen molar-refractivity contribution in [3.63, 3.8) is 0 Å². The smallest absolute Gasteiger partial charge is 0.381 e. The third-order valence-corrected chi connectivity index (χ3v) is 6.86. The second kappa shape index (κ2) is 8.12. The Morgan fingerprint density at radius 2 is 1.66 bits per heavy atom. The number of amides is 2. The van der Waals surface area contributed by atoms with Gasteiger partial charge >= 0.3 is 6.18 Å². The van der Waals surface area contributed by atoms with Crippen LogP contribution >= 0.6 is 11.3 Å². The average Bonchev–Trinajstić information content (AvgIpc) is 3.08.